The molecule has 0 aliphatic rings. The van der Waals surface area contributed by atoms with E-state index < -0.39 is 0 Å². The third-order valence-corrected chi connectivity index (χ3v) is 1.60. The fraction of sp³-hybridized carbons (Fsp3) is 1.00. The van der Waals surface area contributed by atoms with Crippen LogP contribution in [0.15, 0.2) is 0 Å². The van der Waals surface area contributed by atoms with Gasteiger partial charge in [-0.3, -0.25) is 0 Å². The second kappa shape index (κ2) is 6.59. The summed E-state index contributed by atoms with van der Waals surface area (Å²) in [5.41, 5.74) is -0.0865. The minimum Gasteiger partial charge on any atom is -0.385 e. The van der Waals surface area contributed by atoms with Gasteiger partial charge in [0.1, 0.15) is 14.6 Å². The van der Waals surface area contributed by atoms with Gasteiger partial charge in [0, 0.05) is 13.0 Å². The van der Waals surface area contributed by atoms with Crippen molar-refractivity contribution >= 4 is 14.6 Å². The van der Waals surface area contributed by atoms with Crippen molar-refractivity contribution < 1.29 is 9.47 Å². The predicted octanol–water partition coefficient (Wildman–Crippen LogP) is 2.32. The Morgan fingerprint density at radius 1 is 0.733 bits per heavy atom. The summed E-state index contributed by atoms with van der Waals surface area (Å²) >= 11 is 0. The lowest BCUT2D eigenvalue weighted by Crippen LogP contribution is -2.25. The standard InChI is InChI=1S/C11H24B2O2/c1-10(2,3)14-8-12-7-13-9-15-11(4,5)6/h7-9H2,1-6H3. The van der Waals surface area contributed by atoms with Crippen molar-refractivity contribution in [3.8, 4) is 0 Å². The monoisotopic (exact) mass is 210 g/mol. The minimum atomic E-state index is -0.0432. The first-order chi connectivity index (χ1) is 6.71. The number of hydrogen-bond acceptors (Lipinski definition) is 2. The van der Waals surface area contributed by atoms with E-state index in [4.69, 9.17) is 9.47 Å². The summed E-state index contributed by atoms with van der Waals surface area (Å²) < 4.78 is 11.1. The fourth-order valence-corrected chi connectivity index (χ4v) is 0.872. The van der Waals surface area contributed by atoms with Gasteiger partial charge in [-0.05, 0) is 41.5 Å². The van der Waals surface area contributed by atoms with Crippen LogP contribution in [0, 0.1) is 0 Å². The van der Waals surface area contributed by atoms with E-state index in [0.717, 1.165) is 6.22 Å². The van der Waals surface area contributed by atoms with Crippen LogP contribution in [0.25, 0.3) is 0 Å². The van der Waals surface area contributed by atoms with E-state index >= 15 is 0 Å². The van der Waals surface area contributed by atoms with Crippen molar-refractivity contribution in [3.63, 3.8) is 0 Å². The quantitative estimate of drug-likeness (QED) is 0.494. The van der Waals surface area contributed by atoms with Gasteiger partial charge < -0.3 is 9.47 Å². The maximum Gasteiger partial charge on any atom is 0.136 e. The van der Waals surface area contributed by atoms with Gasteiger partial charge in [-0.1, -0.05) is 0 Å². The third-order valence-electron chi connectivity index (χ3n) is 1.60. The van der Waals surface area contributed by atoms with Crippen LogP contribution in [-0.4, -0.2) is 38.8 Å². The van der Waals surface area contributed by atoms with Crippen molar-refractivity contribution in [1.82, 2.24) is 0 Å². The maximum atomic E-state index is 5.56. The smallest absolute Gasteiger partial charge is 0.136 e. The van der Waals surface area contributed by atoms with Crippen LogP contribution in [0.1, 0.15) is 41.5 Å². The number of ether oxygens (including phenoxy) is 2. The Hall–Kier alpha value is 0.0499. The Morgan fingerprint density at radius 3 is 1.33 bits per heavy atom. The Bertz CT molecular complexity index is 141. The molecule has 0 bridgehead atoms. The van der Waals surface area contributed by atoms with Gasteiger partial charge in [0.05, 0.1) is 11.2 Å². The molecule has 0 aliphatic heterocycles. The van der Waals surface area contributed by atoms with Crippen LogP contribution < -0.4 is 0 Å². The highest BCUT2D eigenvalue weighted by Gasteiger charge is 2.11. The van der Waals surface area contributed by atoms with Crippen molar-refractivity contribution in [1.29, 1.82) is 0 Å². The van der Waals surface area contributed by atoms with Gasteiger partial charge in [-0.15, -0.1) is 6.22 Å². The largest absolute Gasteiger partial charge is 0.385 e. The van der Waals surface area contributed by atoms with E-state index in [1.807, 2.05) is 0 Å². The molecule has 0 aromatic heterocycles. The van der Waals surface area contributed by atoms with E-state index in [0.29, 0.717) is 13.0 Å². The average molecular weight is 210 g/mol. The van der Waals surface area contributed by atoms with Crippen molar-refractivity contribution in [2.75, 3.05) is 13.0 Å². The summed E-state index contributed by atoms with van der Waals surface area (Å²) in [6.07, 6.45) is 0.937. The number of rotatable bonds is 6. The van der Waals surface area contributed by atoms with Crippen LogP contribution in [0.4, 0.5) is 0 Å². The highest BCUT2D eigenvalue weighted by atomic mass is 16.5. The Balaban J connectivity index is 3.20. The van der Waals surface area contributed by atoms with Crippen LogP contribution in [0.5, 0.6) is 0 Å². The Morgan fingerprint density at radius 2 is 1.07 bits per heavy atom. The van der Waals surface area contributed by atoms with E-state index in [-0.39, 0.29) is 11.2 Å². The van der Waals surface area contributed by atoms with Crippen LogP contribution >= 0.6 is 0 Å². The van der Waals surface area contributed by atoms with Gasteiger partial charge in [-0.2, -0.15) is 0 Å². The molecule has 2 radical (unpaired) electrons. The summed E-state index contributed by atoms with van der Waals surface area (Å²) in [5.74, 6) is 0. The molecule has 0 saturated carbocycles. The molecule has 0 spiro atoms. The van der Waals surface area contributed by atoms with Crippen molar-refractivity contribution in [3.05, 3.63) is 0 Å². The van der Waals surface area contributed by atoms with Crippen LogP contribution in [0.2, 0.25) is 6.22 Å². The molecule has 0 aromatic rings. The Kier molecular flexibility index (Phi) is 6.62. The van der Waals surface area contributed by atoms with Gasteiger partial charge in [0.15, 0.2) is 0 Å². The summed E-state index contributed by atoms with van der Waals surface area (Å²) in [4.78, 5) is 0. The first-order valence-electron chi connectivity index (χ1n) is 5.62. The molecule has 0 heterocycles. The lowest BCUT2D eigenvalue weighted by Gasteiger charge is -2.20. The first-order valence-corrected chi connectivity index (χ1v) is 5.62. The van der Waals surface area contributed by atoms with Crippen LogP contribution in [-0.2, 0) is 9.47 Å². The lowest BCUT2D eigenvalue weighted by atomic mass is 9.56. The second-order valence-corrected chi connectivity index (χ2v) is 5.66. The number of hydrogen-bond donors (Lipinski definition) is 0. The molecular weight excluding hydrogens is 186 g/mol. The molecular formula is C11H24B2O2. The SMILES string of the molecule is CC(C)(C)OC[B]C[B]COC(C)(C)C. The van der Waals surface area contributed by atoms with Crippen molar-refractivity contribution in [2.24, 2.45) is 0 Å². The fourth-order valence-electron chi connectivity index (χ4n) is 0.872. The molecule has 0 fully saturated rings. The molecule has 0 rings (SSSR count). The highest BCUT2D eigenvalue weighted by molar-refractivity contribution is 6.55. The third kappa shape index (κ3) is 14.0. The maximum absolute atomic E-state index is 5.56. The minimum absolute atomic E-state index is 0.0432. The molecule has 4 heteroatoms. The van der Waals surface area contributed by atoms with E-state index in [1.165, 1.54) is 0 Å². The second-order valence-electron chi connectivity index (χ2n) is 5.66. The summed E-state index contributed by atoms with van der Waals surface area (Å²) in [5, 5.41) is 0. The molecule has 86 valence electrons. The van der Waals surface area contributed by atoms with Crippen molar-refractivity contribution in [2.45, 2.75) is 59.0 Å². The molecule has 2 nitrogen and oxygen atoms in total. The van der Waals surface area contributed by atoms with Gasteiger partial charge >= 0.3 is 0 Å². The lowest BCUT2D eigenvalue weighted by molar-refractivity contribution is 0.0241. The first kappa shape index (κ1) is 15.0. The normalized spacial score (nSPS) is 12.7. The predicted molar refractivity (Wildman–Crippen MR) is 67.7 cm³/mol. The topological polar surface area (TPSA) is 18.5 Å². The van der Waals surface area contributed by atoms with Gasteiger partial charge in [0.2, 0.25) is 0 Å². The molecule has 0 N–H and O–H groups in total. The van der Waals surface area contributed by atoms with E-state index in [9.17, 15) is 0 Å². The van der Waals surface area contributed by atoms with Gasteiger partial charge in [0.25, 0.3) is 0 Å². The zero-order valence-electron chi connectivity index (χ0n) is 11.1. The molecule has 0 atom stereocenters. The molecule has 0 aromatic carbocycles. The van der Waals surface area contributed by atoms with Crippen LogP contribution in [0.3, 0.4) is 0 Å². The van der Waals surface area contributed by atoms with Gasteiger partial charge in [-0.25, -0.2) is 0 Å². The summed E-state index contributed by atoms with van der Waals surface area (Å²) in [6, 6.07) is 0. The Labute approximate surface area is 96.6 Å². The average Bonchev–Trinajstić information content (AvgIpc) is 1.98. The molecule has 0 amide bonds. The van der Waals surface area contributed by atoms with E-state index in [2.05, 4.69) is 56.1 Å². The summed E-state index contributed by atoms with van der Waals surface area (Å²) in [7, 11) is 4.24. The molecule has 15 heavy (non-hydrogen) atoms. The highest BCUT2D eigenvalue weighted by Crippen LogP contribution is 2.06. The molecule has 0 saturated heterocycles. The molecule has 0 aliphatic carbocycles. The van der Waals surface area contributed by atoms with E-state index in [1.54, 1.807) is 0 Å². The zero-order valence-corrected chi connectivity index (χ0v) is 11.1. The summed E-state index contributed by atoms with van der Waals surface area (Å²) in [6.45, 7) is 13.8. The zero-order chi connectivity index (χ0) is 11.9. The molecule has 0 unspecified atom stereocenters.